The molecular weight excluding hydrogens is 509 g/mol. The number of benzene rings is 2. The fourth-order valence-electron chi connectivity index (χ4n) is 3.97. The zero-order valence-electron chi connectivity index (χ0n) is 19.3. The molecule has 2 aromatic carbocycles. The molecule has 0 aliphatic carbocycles. The Hall–Kier alpha value is -3.33. The van der Waals surface area contributed by atoms with E-state index in [2.05, 4.69) is 5.32 Å². The van der Waals surface area contributed by atoms with E-state index in [-0.39, 0.29) is 10.7 Å². The van der Waals surface area contributed by atoms with Gasteiger partial charge in [0.1, 0.15) is 17.1 Å². The molecule has 0 bridgehead atoms. The Bertz CT molecular complexity index is 1410. The van der Waals surface area contributed by atoms with E-state index in [9.17, 15) is 9.59 Å². The van der Waals surface area contributed by atoms with Crippen LogP contribution in [-0.4, -0.2) is 35.7 Å². The molecule has 180 valence electrons. The minimum atomic E-state index is -0.585. The molecule has 0 atom stereocenters. The van der Waals surface area contributed by atoms with Crippen molar-refractivity contribution in [2.45, 2.75) is 13.8 Å². The van der Waals surface area contributed by atoms with E-state index in [1.54, 1.807) is 36.4 Å². The maximum atomic E-state index is 13.5. The first kappa shape index (κ1) is 24.8. The molecule has 0 saturated carbocycles. The van der Waals surface area contributed by atoms with Crippen LogP contribution in [0.3, 0.4) is 0 Å². The summed E-state index contributed by atoms with van der Waals surface area (Å²) in [7, 11) is 3.00. The molecule has 2 amide bonds. The number of hydrogen-bond acceptors (Lipinski definition) is 5. The van der Waals surface area contributed by atoms with Gasteiger partial charge in [-0.25, -0.2) is 4.90 Å². The molecule has 1 aliphatic rings. The number of anilines is 1. The number of aryl methyl sites for hydroxylation is 1. The third kappa shape index (κ3) is 4.52. The summed E-state index contributed by atoms with van der Waals surface area (Å²) in [5.41, 5.74) is 3.39. The largest absolute Gasteiger partial charge is 0.497 e. The van der Waals surface area contributed by atoms with Crippen LogP contribution < -0.4 is 19.7 Å². The van der Waals surface area contributed by atoms with E-state index >= 15 is 0 Å². The Morgan fingerprint density at radius 1 is 0.971 bits per heavy atom. The number of hydrogen-bond donors (Lipinski definition) is 1. The van der Waals surface area contributed by atoms with E-state index in [1.807, 2.05) is 30.5 Å². The van der Waals surface area contributed by atoms with Crippen molar-refractivity contribution in [3.8, 4) is 17.2 Å². The molecule has 35 heavy (non-hydrogen) atoms. The van der Waals surface area contributed by atoms with Crippen LogP contribution in [0.25, 0.3) is 11.8 Å². The van der Waals surface area contributed by atoms with Crippen LogP contribution in [-0.2, 0) is 9.59 Å². The highest BCUT2D eigenvalue weighted by molar-refractivity contribution is 7.80. The van der Waals surface area contributed by atoms with Gasteiger partial charge in [-0.3, -0.25) is 14.9 Å². The molecule has 1 fully saturated rings. The molecule has 1 saturated heterocycles. The lowest BCUT2D eigenvalue weighted by molar-refractivity contribution is -0.122. The van der Waals surface area contributed by atoms with Crippen LogP contribution in [0.5, 0.6) is 11.5 Å². The van der Waals surface area contributed by atoms with Gasteiger partial charge in [0.05, 0.1) is 30.6 Å². The normalized spacial score (nSPS) is 15.0. The molecule has 0 unspecified atom stereocenters. The number of amides is 2. The number of carbonyl (C=O) groups is 2. The first-order valence-corrected chi connectivity index (χ1v) is 11.6. The smallest absolute Gasteiger partial charge is 0.270 e. The quantitative estimate of drug-likeness (QED) is 0.277. The summed E-state index contributed by atoms with van der Waals surface area (Å²) in [6.07, 6.45) is 1.55. The van der Waals surface area contributed by atoms with Crippen LogP contribution in [0.4, 0.5) is 5.69 Å². The number of rotatable bonds is 5. The molecule has 2 heterocycles. The van der Waals surface area contributed by atoms with Crippen molar-refractivity contribution >= 4 is 64.1 Å². The maximum Gasteiger partial charge on any atom is 0.270 e. The molecule has 7 nitrogen and oxygen atoms in total. The van der Waals surface area contributed by atoms with E-state index in [0.717, 1.165) is 17.1 Å². The summed E-state index contributed by atoms with van der Waals surface area (Å²) in [5, 5.41) is 3.56. The molecule has 10 heteroatoms. The molecule has 3 aromatic rings. The number of thiocarbonyl (C=S) groups is 1. The van der Waals surface area contributed by atoms with Crippen molar-refractivity contribution in [1.82, 2.24) is 9.88 Å². The van der Waals surface area contributed by atoms with Gasteiger partial charge in [0.25, 0.3) is 11.8 Å². The zero-order chi connectivity index (χ0) is 25.4. The zero-order valence-corrected chi connectivity index (χ0v) is 21.6. The minimum absolute atomic E-state index is 0.0426. The van der Waals surface area contributed by atoms with Gasteiger partial charge in [-0.15, -0.1) is 0 Å². The third-order valence-corrected chi connectivity index (χ3v) is 6.47. The van der Waals surface area contributed by atoms with E-state index < -0.39 is 11.8 Å². The average Bonchev–Trinajstić information content (AvgIpc) is 3.09. The van der Waals surface area contributed by atoms with Crippen LogP contribution in [0.15, 0.2) is 48.0 Å². The van der Waals surface area contributed by atoms with Gasteiger partial charge in [-0.2, -0.15) is 0 Å². The molecule has 1 N–H and O–H groups in total. The van der Waals surface area contributed by atoms with Crippen molar-refractivity contribution in [3.63, 3.8) is 0 Å². The van der Waals surface area contributed by atoms with Gasteiger partial charge in [-0.1, -0.05) is 23.2 Å². The third-order valence-electron chi connectivity index (χ3n) is 5.65. The van der Waals surface area contributed by atoms with Gasteiger partial charge in [0.2, 0.25) is 0 Å². The Morgan fingerprint density at radius 3 is 2.34 bits per heavy atom. The van der Waals surface area contributed by atoms with E-state index in [1.165, 1.54) is 19.1 Å². The maximum absolute atomic E-state index is 13.5. The number of halogens is 2. The van der Waals surface area contributed by atoms with Gasteiger partial charge < -0.3 is 14.0 Å². The minimum Gasteiger partial charge on any atom is -0.497 e. The SMILES string of the molecule is COc1ccc(N2C(=O)/C(=C/c3cc(C)n(-c4ccc(Cl)cc4Cl)c3C)C(=O)NC2=S)c(OC)c1. The summed E-state index contributed by atoms with van der Waals surface area (Å²) < 4.78 is 12.6. The van der Waals surface area contributed by atoms with Crippen molar-refractivity contribution in [1.29, 1.82) is 0 Å². The predicted molar refractivity (Wildman–Crippen MR) is 141 cm³/mol. The van der Waals surface area contributed by atoms with Gasteiger partial charge in [0.15, 0.2) is 5.11 Å². The van der Waals surface area contributed by atoms with Crippen LogP contribution in [0.1, 0.15) is 17.0 Å². The van der Waals surface area contributed by atoms with E-state index in [0.29, 0.717) is 32.8 Å². The highest BCUT2D eigenvalue weighted by Crippen LogP contribution is 2.35. The van der Waals surface area contributed by atoms with Crippen molar-refractivity contribution < 1.29 is 19.1 Å². The Kier molecular flexibility index (Phi) is 6.89. The molecular formula is C25H21Cl2N3O4S. The summed E-state index contributed by atoms with van der Waals surface area (Å²) >= 11 is 17.8. The second-order valence-corrected chi connectivity index (χ2v) is 8.98. The highest BCUT2D eigenvalue weighted by Gasteiger charge is 2.36. The summed E-state index contributed by atoms with van der Waals surface area (Å²) in [6.45, 7) is 3.79. The highest BCUT2D eigenvalue weighted by atomic mass is 35.5. The number of nitrogens with zero attached hydrogens (tertiary/aromatic N) is 2. The van der Waals surface area contributed by atoms with Crippen molar-refractivity contribution in [3.05, 3.63) is 75.0 Å². The molecule has 4 rings (SSSR count). The Labute approximate surface area is 217 Å². The standard InChI is InChI=1S/C25H21Cl2N3O4S/c1-13-9-15(14(2)29(13)20-7-5-16(26)11-19(20)27)10-18-23(31)28-25(35)30(24(18)32)21-8-6-17(33-3)12-22(21)34-4/h5-12H,1-4H3,(H,28,31,35)/b18-10+. The first-order chi connectivity index (χ1) is 16.7. The lowest BCUT2D eigenvalue weighted by atomic mass is 10.1. The molecule has 0 spiro atoms. The monoisotopic (exact) mass is 529 g/mol. The van der Waals surface area contributed by atoms with Gasteiger partial charge in [-0.05, 0) is 74.1 Å². The molecule has 0 radical (unpaired) electrons. The van der Waals surface area contributed by atoms with Gasteiger partial charge >= 0.3 is 0 Å². The molecule has 1 aromatic heterocycles. The number of ether oxygens (including phenoxy) is 2. The Balaban J connectivity index is 1.79. The first-order valence-electron chi connectivity index (χ1n) is 10.4. The van der Waals surface area contributed by atoms with Crippen LogP contribution >= 0.6 is 35.4 Å². The Morgan fingerprint density at radius 2 is 1.69 bits per heavy atom. The van der Waals surface area contributed by atoms with Gasteiger partial charge in [0, 0.05) is 22.5 Å². The topological polar surface area (TPSA) is 72.8 Å². The van der Waals surface area contributed by atoms with Crippen LogP contribution in [0.2, 0.25) is 10.0 Å². The van der Waals surface area contributed by atoms with Crippen molar-refractivity contribution in [2.24, 2.45) is 0 Å². The summed E-state index contributed by atoms with van der Waals surface area (Å²) in [6, 6.07) is 12.1. The predicted octanol–water partition coefficient (Wildman–Crippen LogP) is 5.25. The number of aromatic nitrogens is 1. The second-order valence-electron chi connectivity index (χ2n) is 7.75. The second kappa shape index (κ2) is 9.73. The fourth-order valence-corrected chi connectivity index (χ4v) is 4.74. The summed E-state index contributed by atoms with van der Waals surface area (Å²) in [4.78, 5) is 27.6. The van der Waals surface area contributed by atoms with Crippen LogP contribution in [0, 0.1) is 13.8 Å². The average molecular weight is 530 g/mol. The summed E-state index contributed by atoms with van der Waals surface area (Å²) in [5.74, 6) is -0.241. The van der Waals surface area contributed by atoms with E-state index in [4.69, 9.17) is 44.9 Å². The number of methoxy groups -OCH3 is 2. The number of carbonyl (C=O) groups excluding carboxylic acids is 2. The van der Waals surface area contributed by atoms with Crippen molar-refractivity contribution in [2.75, 3.05) is 19.1 Å². The lowest BCUT2D eigenvalue weighted by Crippen LogP contribution is -2.54. The lowest BCUT2D eigenvalue weighted by Gasteiger charge is -2.30. The fraction of sp³-hybridized carbons (Fsp3) is 0.160. The number of nitrogens with one attached hydrogen (secondary N) is 1. The molecule has 1 aliphatic heterocycles.